The van der Waals surface area contributed by atoms with Gasteiger partial charge in [0.2, 0.25) is 12.7 Å². The number of rotatable bonds is 6. The fourth-order valence-corrected chi connectivity index (χ4v) is 5.46. The zero-order valence-corrected chi connectivity index (χ0v) is 21.1. The number of halogens is 1. The highest BCUT2D eigenvalue weighted by Crippen LogP contribution is 2.35. The fraction of sp³-hybridized carbons (Fsp3) is 0.185. The van der Waals surface area contributed by atoms with E-state index in [-0.39, 0.29) is 25.0 Å². The Morgan fingerprint density at radius 2 is 1.92 bits per heavy atom. The van der Waals surface area contributed by atoms with E-state index in [9.17, 15) is 9.59 Å². The number of nitrogens with zero attached hydrogens (tertiary/aromatic N) is 3. The Labute approximate surface area is 222 Å². The number of carbonyl (C=O) groups excluding carboxylic acids is 2. The van der Waals surface area contributed by atoms with Crippen LogP contribution in [0.3, 0.4) is 0 Å². The Bertz CT molecular complexity index is 1470. The SMILES string of the molecule is O=C(C[C@@H]1N=C2c3ccccc3N=C(SCc3cccc(Cl)c3)N2C1=O)NCc1ccc2c(c1)OCO2. The number of aliphatic imine (C=N–C) groups is 2. The molecule has 0 spiro atoms. The van der Waals surface area contributed by atoms with Crippen LogP contribution < -0.4 is 14.8 Å². The lowest BCUT2D eigenvalue weighted by atomic mass is 10.1. The van der Waals surface area contributed by atoms with Crippen LogP contribution in [-0.4, -0.2) is 40.6 Å². The second-order valence-corrected chi connectivity index (χ2v) is 10.0. The molecule has 10 heteroatoms. The second-order valence-electron chi connectivity index (χ2n) is 8.64. The molecule has 1 atom stereocenters. The number of hydrogen-bond acceptors (Lipinski definition) is 7. The largest absolute Gasteiger partial charge is 0.454 e. The maximum Gasteiger partial charge on any atom is 0.259 e. The van der Waals surface area contributed by atoms with Gasteiger partial charge in [-0.15, -0.1) is 0 Å². The third kappa shape index (κ3) is 4.80. The van der Waals surface area contributed by atoms with Gasteiger partial charge in [0.1, 0.15) is 11.9 Å². The maximum atomic E-state index is 13.4. The molecule has 0 saturated heterocycles. The van der Waals surface area contributed by atoms with Gasteiger partial charge in [-0.25, -0.2) is 9.89 Å². The minimum atomic E-state index is -0.824. The van der Waals surface area contributed by atoms with Gasteiger partial charge in [0.15, 0.2) is 16.7 Å². The van der Waals surface area contributed by atoms with E-state index in [1.165, 1.54) is 16.7 Å². The standard InChI is InChI=1S/C27H21ClN4O4S/c28-18-5-3-4-17(10-18)14-37-27-31-20-7-2-1-6-19(20)25-30-21(26(34)32(25)27)12-24(33)29-13-16-8-9-22-23(11-16)36-15-35-22/h1-11,21H,12-15H2,(H,29,33)/t21-/m0/s1. The Morgan fingerprint density at radius 3 is 2.81 bits per heavy atom. The molecule has 1 N–H and O–H groups in total. The molecule has 2 amide bonds. The second kappa shape index (κ2) is 9.91. The zero-order chi connectivity index (χ0) is 25.4. The molecule has 37 heavy (non-hydrogen) atoms. The Morgan fingerprint density at radius 1 is 1.05 bits per heavy atom. The van der Waals surface area contributed by atoms with Crippen LogP contribution in [0.5, 0.6) is 11.5 Å². The van der Waals surface area contributed by atoms with Gasteiger partial charge in [0.25, 0.3) is 5.91 Å². The molecular weight excluding hydrogens is 512 g/mol. The van der Waals surface area contributed by atoms with Crippen LogP contribution in [0.15, 0.2) is 76.7 Å². The van der Waals surface area contributed by atoms with Crippen molar-refractivity contribution < 1.29 is 19.1 Å². The topological polar surface area (TPSA) is 92.6 Å². The number of benzene rings is 3. The van der Waals surface area contributed by atoms with E-state index in [1.54, 1.807) is 0 Å². The summed E-state index contributed by atoms with van der Waals surface area (Å²) in [6.07, 6.45) is -0.0577. The molecule has 0 bridgehead atoms. The Kier molecular flexibility index (Phi) is 6.31. The minimum absolute atomic E-state index is 0.0577. The first-order valence-corrected chi connectivity index (χ1v) is 13.0. The quantitative estimate of drug-likeness (QED) is 0.498. The number of carbonyl (C=O) groups is 2. The Balaban J connectivity index is 1.17. The molecule has 8 nitrogen and oxygen atoms in total. The van der Waals surface area contributed by atoms with Crippen LogP contribution in [0.4, 0.5) is 5.69 Å². The first-order valence-electron chi connectivity index (χ1n) is 11.7. The maximum absolute atomic E-state index is 13.4. The predicted octanol–water partition coefficient (Wildman–Crippen LogP) is 4.67. The molecular formula is C27H21ClN4O4S. The summed E-state index contributed by atoms with van der Waals surface area (Å²) >= 11 is 7.56. The highest BCUT2D eigenvalue weighted by Gasteiger charge is 2.42. The van der Waals surface area contributed by atoms with E-state index in [0.29, 0.717) is 39.8 Å². The third-order valence-corrected chi connectivity index (χ3v) is 7.35. The Hall–Kier alpha value is -3.82. The number of para-hydroxylation sites is 1. The highest BCUT2D eigenvalue weighted by molar-refractivity contribution is 8.13. The summed E-state index contributed by atoms with van der Waals surface area (Å²) in [5, 5.41) is 4.06. The summed E-state index contributed by atoms with van der Waals surface area (Å²) in [5.41, 5.74) is 3.40. The summed E-state index contributed by atoms with van der Waals surface area (Å²) in [4.78, 5) is 37.2. The molecule has 0 unspecified atom stereocenters. The van der Waals surface area contributed by atoms with Gasteiger partial charge < -0.3 is 14.8 Å². The minimum Gasteiger partial charge on any atom is -0.454 e. The van der Waals surface area contributed by atoms with Gasteiger partial charge in [0.05, 0.1) is 12.1 Å². The lowest BCUT2D eigenvalue weighted by Crippen LogP contribution is -2.42. The lowest BCUT2D eigenvalue weighted by molar-refractivity contribution is -0.128. The van der Waals surface area contributed by atoms with E-state index in [0.717, 1.165) is 22.4 Å². The predicted molar refractivity (Wildman–Crippen MR) is 142 cm³/mol. The van der Waals surface area contributed by atoms with Crippen LogP contribution in [0.1, 0.15) is 23.1 Å². The highest BCUT2D eigenvalue weighted by atomic mass is 35.5. The molecule has 6 rings (SSSR count). The van der Waals surface area contributed by atoms with Gasteiger partial charge in [-0.05, 0) is 47.5 Å². The average Bonchev–Trinajstić information content (AvgIpc) is 3.50. The van der Waals surface area contributed by atoms with Gasteiger partial charge in [-0.1, -0.05) is 53.7 Å². The number of ether oxygens (including phenoxy) is 2. The smallest absolute Gasteiger partial charge is 0.259 e. The number of thioether (sulfide) groups is 1. The van der Waals surface area contributed by atoms with Crippen molar-refractivity contribution >= 4 is 51.9 Å². The molecule has 3 aliphatic heterocycles. The van der Waals surface area contributed by atoms with Crippen LogP contribution in [0.25, 0.3) is 0 Å². The van der Waals surface area contributed by atoms with Crippen molar-refractivity contribution in [3.63, 3.8) is 0 Å². The van der Waals surface area contributed by atoms with Crippen molar-refractivity contribution in [1.82, 2.24) is 10.2 Å². The van der Waals surface area contributed by atoms with Crippen molar-refractivity contribution in [1.29, 1.82) is 0 Å². The van der Waals surface area contributed by atoms with Crippen LogP contribution in [0.2, 0.25) is 5.02 Å². The van der Waals surface area contributed by atoms with E-state index in [1.807, 2.05) is 66.7 Å². The normalized spacial score (nSPS) is 17.2. The summed E-state index contributed by atoms with van der Waals surface area (Å²) < 4.78 is 10.7. The molecule has 0 radical (unpaired) electrons. The first kappa shape index (κ1) is 23.6. The van der Waals surface area contributed by atoms with Gasteiger partial charge in [-0.2, -0.15) is 0 Å². The van der Waals surface area contributed by atoms with E-state index < -0.39 is 6.04 Å². The monoisotopic (exact) mass is 532 g/mol. The molecule has 0 aliphatic carbocycles. The number of fused-ring (bicyclic) bond motifs is 4. The van der Waals surface area contributed by atoms with Gasteiger partial charge in [0, 0.05) is 22.9 Å². The van der Waals surface area contributed by atoms with E-state index in [2.05, 4.69) is 10.3 Å². The molecule has 186 valence electrons. The first-order chi connectivity index (χ1) is 18.0. The average molecular weight is 533 g/mol. The van der Waals surface area contributed by atoms with Crippen LogP contribution in [0, 0.1) is 0 Å². The third-order valence-electron chi connectivity index (χ3n) is 6.11. The van der Waals surface area contributed by atoms with Crippen LogP contribution >= 0.6 is 23.4 Å². The van der Waals surface area contributed by atoms with E-state index in [4.69, 9.17) is 26.1 Å². The molecule has 3 heterocycles. The summed E-state index contributed by atoms with van der Waals surface area (Å²) in [6.45, 7) is 0.499. The molecule has 0 saturated carbocycles. The van der Waals surface area contributed by atoms with Crippen molar-refractivity contribution in [2.24, 2.45) is 9.98 Å². The lowest BCUT2D eigenvalue weighted by Gasteiger charge is -2.25. The fourth-order valence-electron chi connectivity index (χ4n) is 4.31. The zero-order valence-electron chi connectivity index (χ0n) is 19.5. The number of amides is 2. The van der Waals surface area contributed by atoms with E-state index >= 15 is 0 Å². The summed E-state index contributed by atoms with van der Waals surface area (Å²) in [5.74, 6) is 1.92. The molecule has 0 fully saturated rings. The van der Waals surface area contributed by atoms with Crippen molar-refractivity contribution in [3.05, 3.63) is 88.4 Å². The van der Waals surface area contributed by atoms with Crippen molar-refractivity contribution in [3.8, 4) is 11.5 Å². The number of hydrogen-bond donors (Lipinski definition) is 1. The van der Waals surface area contributed by atoms with Gasteiger partial charge in [-0.3, -0.25) is 14.6 Å². The summed E-state index contributed by atoms with van der Waals surface area (Å²) in [7, 11) is 0. The summed E-state index contributed by atoms with van der Waals surface area (Å²) in [6, 6.07) is 19.8. The number of amidine groups is 2. The molecule has 3 aromatic rings. The van der Waals surface area contributed by atoms with Crippen molar-refractivity contribution in [2.45, 2.75) is 24.8 Å². The number of nitrogens with one attached hydrogen (secondary N) is 1. The molecule has 3 aromatic carbocycles. The van der Waals surface area contributed by atoms with Crippen LogP contribution in [-0.2, 0) is 21.9 Å². The van der Waals surface area contributed by atoms with Gasteiger partial charge >= 0.3 is 0 Å². The molecule has 0 aromatic heterocycles. The molecule has 3 aliphatic rings. The van der Waals surface area contributed by atoms with Crippen molar-refractivity contribution in [2.75, 3.05) is 6.79 Å².